The van der Waals surface area contributed by atoms with Crippen LogP contribution in [0.3, 0.4) is 0 Å². The molecule has 6 aliphatic rings. The van der Waals surface area contributed by atoms with E-state index in [1.807, 2.05) is 0 Å². The first-order valence-corrected chi connectivity index (χ1v) is 11.3. The Bertz CT molecular complexity index is 883. The molecular weight excluding hydrogens is 388 g/mol. The number of Topliss-reactive ketones (excluding diaryl/α,β-unsaturated/α-hetero) is 1. The van der Waals surface area contributed by atoms with Crippen molar-refractivity contribution in [3.8, 4) is 0 Å². The van der Waals surface area contributed by atoms with Crippen molar-refractivity contribution >= 4 is 11.8 Å². The highest BCUT2D eigenvalue weighted by atomic mass is 16.6. The fourth-order valence-corrected chi connectivity index (χ4v) is 8.61. The summed E-state index contributed by atoms with van der Waals surface area (Å²) in [5.74, 6) is -1.44. The van der Waals surface area contributed by atoms with Crippen molar-refractivity contribution in [1.82, 2.24) is 0 Å². The zero-order valence-electron chi connectivity index (χ0n) is 17.5. The van der Waals surface area contributed by atoms with Crippen LogP contribution in [0.25, 0.3) is 0 Å². The number of esters is 1. The van der Waals surface area contributed by atoms with E-state index in [1.165, 1.54) is 6.08 Å². The predicted octanol–water partition coefficient (Wildman–Crippen LogP) is 0.885. The number of cyclic esters (lactones) is 1. The van der Waals surface area contributed by atoms with E-state index < -0.39 is 34.6 Å². The lowest BCUT2D eigenvalue weighted by Crippen LogP contribution is -2.75. The number of aliphatic hydroxyl groups excluding tert-OH is 2. The first kappa shape index (κ1) is 19.4. The lowest BCUT2D eigenvalue weighted by molar-refractivity contribution is -0.226. The van der Waals surface area contributed by atoms with Gasteiger partial charge in [-0.25, -0.2) is 4.79 Å². The predicted molar refractivity (Wildman–Crippen MR) is 103 cm³/mol. The van der Waals surface area contributed by atoms with E-state index in [0.717, 1.165) is 12.0 Å². The average molecular weight is 418 g/mol. The number of aliphatic hydroxyl groups is 3. The molecule has 10 atom stereocenters. The summed E-state index contributed by atoms with van der Waals surface area (Å²) in [5, 5.41) is 33.9. The third-order valence-electron chi connectivity index (χ3n) is 10.2. The molecular formula is C23H30O7. The van der Waals surface area contributed by atoms with Crippen molar-refractivity contribution in [1.29, 1.82) is 0 Å². The van der Waals surface area contributed by atoms with Gasteiger partial charge in [0, 0.05) is 12.0 Å². The molecule has 0 aromatic carbocycles. The zero-order chi connectivity index (χ0) is 21.3. The second-order valence-electron chi connectivity index (χ2n) is 11.0. The third-order valence-corrected chi connectivity index (χ3v) is 10.2. The Hall–Kier alpha value is -1.28. The Labute approximate surface area is 175 Å². The van der Waals surface area contributed by atoms with Gasteiger partial charge in [-0.1, -0.05) is 6.92 Å². The summed E-state index contributed by atoms with van der Waals surface area (Å²) in [6.07, 6.45) is 3.30. The van der Waals surface area contributed by atoms with E-state index in [4.69, 9.17) is 9.47 Å². The van der Waals surface area contributed by atoms with Crippen molar-refractivity contribution in [2.24, 2.45) is 28.6 Å². The summed E-state index contributed by atoms with van der Waals surface area (Å²) in [6.45, 7) is 3.99. The van der Waals surface area contributed by atoms with Gasteiger partial charge in [-0.05, 0) is 68.3 Å². The first-order valence-electron chi connectivity index (χ1n) is 11.3. The molecule has 5 fully saturated rings. The zero-order valence-corrected chi connectivity index (χ0v) is 17.5. The highest BCUT2D eigenvalue weighted by Gasteiger charge is 2.88. The minimum atomic E-state index is -1.40. The largest absolute Gasteiger partial charge is 0.458 e. The Morgan fingerprint density at radius 1 is 1.10 bits per heavy atom. The minimum Gasteiger partial charge on any atom is -0.458 e. The fraction of sp³-hybridized carbons (Fsp3) is 0.826. The molecule has 0 bridgehead atoms. The molecule has 2 heterocycles. The monoisotopic (exact) mass is 418 g/mol. The quantitative estimate of drug-likeness (QED) is 0.428. The van der Waals surface area contributed by atoms with Crippen molar-refractivity contribution in [3.63, 3.8) is 0 Å². The normalized spacial score (nSPS) is 58.9. The molecule has 1 spiro atoms. The van der Waals surface area contributed by atoms with E-state index in [-0.39, 0.29) is 41.8 Å². The molecule has 0 amide bonds. The Morgan fingerprint density at radius 3 is 2.57 bits per heavy atom. The third kappa shape index (κ3) is 1.89. The van der Waals surface area contributed by atoms with Gasteiger partial charge in [0.15, 0.2) is 5.78 Å². The van der Waals surface area contributed by atoms with E-state index in [1.54, 1.807) is 6.92 Å². The second-order valence-corrected chi connectivity index (χ2v) is 11.0. The van der Waals surface area contributed by atoms with Gasteiger partial charge >= 0.3 is 5.97 Å². The molecule has 7 nitrogen and oxygen atoms in total. The van der Waals surface area contributed by atoms with E-state index in [2.05, 4.69) is 6.92 Å². The first-order chi connectivity index (χ1) is 14.1. The lowest BCUT2D eigenvalue weighted by atomic mass is 9.41. The van der Waals surface area contributed by atoms with Crippen molar-refractivity contribution in [2.45, 2.75) is 81.9 Å². The number of ketones is 1. The highest BCUT2D eigenvalue weighted by Crippen LogP contribution is 2.76. The lowest BCUT2D eigenvalue weighted by Gasteiger charge is -2.62. The summed E-state index contributed by atoms with van der Waals surface area (Å²) in [5.41, 5.74) is -3.21. The summed E-state index contributed by atoms with van der Waals surface area (Å²) in [7, 11) is 0. The van der Waals surface area contributed by atoms with Crippen LogP contribution in [0.1, 0.15) is 52.4 Å². The average Bonchev–Trinajstić information content (AvgIpc) is 3.14. The molecule has 4 aliphatic carbocycles. The molecule has 164 valence electrons. The van der Waals surface area contributed by atoms with Crippen LogP contribution in [0.5, 0.6) is 0 Å². The van der Waals surface area contributed by atoms with E-state index in [0.29, 0.717) is 32.1 Å². The van der Waals surface area contributed by atoms with Crippen LogP contribution in [0.4, 0.5) is 0 Å². The number of carbonyl (C=O) groups is 2. The van der Waals surface area contributed by atoms with Crippen LogP contribution in [-0.2, 0) is 19.1 Å². The van der Waals surface area contributed by atoms with E-state index >= 15 is 0 Å². The Kier molecular flexibility index (Phi) is 3.59. The van der Waals surface area contributed by atoms with Crippen molar-refractivity contribution in [2.75, 3.05) is 6.61 Å². The van der Waals surface area contributed by atoms with Gasteiger partial charge in [0.25, 0.3) is 0 Å². The summed E-state index contributed by atoms with van der Waals surface area (Å²) < 4.78 is 11.4. The molecule has 6 rings (SSSR count). The van der Waals surface area contributed by atoms with Gasteiger partial charge in [-0.15, -0.1) is 0 Å². The summed E-state index contributed by atoms with van der Waals surface area (Å²) in [4.78, 5) is 25.5. The van der Waals surface area contributed by atoms with Crippen LogP contribution in [0.15, 0.2) is 11.6 Å². The number of fused-ring (bicyclic) bond motifs is 3. The minimum absolute atomic E-state index is 0.136. The maximum Gasteiger partial charge on any atom is 0.331 e. The molecule has 7 heteroatoms. The van der Waals surface area contributed by atoms with Crippen LogP contribution < -0.4 is 0 Å². The van der Waals surface area contributed by atoms with Gasteiger partial charge in [0.2, 0.25) is 0 Å². The Morgan fingerprint density at radius 2 is 1.87 bits per heavy atom. The van der Waals surface area contributed by atoms with Crippen LogP contribution in [-0.4, -0.2) is 63.2 Å². The summed E-state index contributed by atoms with van der Waals surface area (Å²) >= 11 is 0. The van der Waals surface area contributed by atoms with Crippen molar-refractivity contribution < 1.29 is 34.4 Å². The molecule has 1 saturated heterocycles. The number of ether oxygens (including phenoxy) is 2. The maximum atomic E-state index is 13.8. The Balaban J connectivity index is 1.47. The number of rotatable bonds is 1. The standard InChI is InChI=1S/C23H30O7/c1-20-5-3-13(24)8-12(20)9-15-23(30-15)18(20)17(26)19(27)21(2)14(4-6-22(21,23)28)11-7-16(25)29-10-11/h7,12-15,17-18,24,26,28H,3-6,8-10H2,1-2H3/t12-,13-,14?,15?,17+,18?,20?,21?,22+,23?/m0/s1. The molecule has 2 aliphatic heterocycles. The van der Waals surface area contributed by atoms with E-state index in [9.17, 15) is 24.9 Å². The number of hydrogen-bond donors (Lipinski definition) is 3. The van der Waals surface area contributed by atoms with Crippen molar-refractivity contribution in [3.05, 3.63) is 11.6 Å². The SMILES string of the molecule is CC12CC[C@H](O)C[C@H]1CC1OC13C2[C@@H](O)C(=O)C1(C)C(C2=CC(=O)OC2)CC[C@@]13O. The molecule has 3 N–H and O–H groups in total. The van der Waals surface area contributed by atoms with Crippen LogP contribution in [0, 0.1) is 28.6 Å². The topological polar surface area (TPSA) is 117 Å². The molecule has 30 heavy (non-hydrogen) atoms. The smallest absolute Gasteiger partial charge is 0.331 e. The molecule has 4 saturated carbocycles. The molecule has 6 unspecified atom stereocenters. The highest BCUT2D eigenvalue weighted by molar-refractivity contribution is 5.94. The fourth-order valence-electron chi connectivity index (χ4n) is 8.61. The van der Waals surface area contributed by atoms with Gasteiger partial charge in [0.1, 0.15) is 23.9 Å². The van der Waals surface area contributed by atoms with Gasteiger partial charge in [0.05, 0.1) is 17.6 Å². The molecule has 0 radical (unpaired) electrons. The second kappa shape index (κ2) is 5.55. The molecule has 0 aromatic rings. The number of carbonyl (C=O) groups excluding carboxylic acids is 2. The maximum absolute atomic E-state index is 13.8. The van der Waals surface area contributed by atoms with Gasteiger partial charge < -0.3 is 24.8 Å². The van der Waals surface area contributed by atoms with Gasteiger partial charge in [-0.2, -0.15) is 0 Å². The number of epoxide rings is 1. The van der Waals surface area contributed by atoms with Gasteiger partial charge in [-0.3, -0.25) is 4.79 Å². The molecule has 0 aromatic heterocycles. The van der Waals surface area contributed by atoms with Crippen LogP contribution in [0.2, 0.25) is 0 Å². The summed E-state index contributed by atoms with van der Waals surface area (Å²) in [6, 6.07) is 0. The van der Waals surface area contributed by atoms with Crippen LogP contribution >= 0.6 is 0 Å². The number of hydrogen-bond acceptors (Lipinski definition) is 7.